The maximum atomic E-state index is 12.0. The monoisotopic (exact) mass is 244 g/mol. The average molecular weight is 244 g/mol. The van der Waals surface area contributed by atoms with E-state index in [-0.39, 0.29) is 18.6 Å². The summed E-state index contributed by atoms with van der Waals surface area (Å²) in [7, 11) is 0. The van der Waals surface area contributed by atoms with Crippen molar-refractivity contribution in [3.05, 3.63) is 0 Å². The van der Waals surface area contributed by atoms with E-state index in [1.165, 1.54) is 0 Å². The standard InChI is InChI=1S/C12H24N2O3/c1-3-12(4-2,8-15)14-11(16)10-6-5-9(7-13)17-10/h9-10,15H,3-8,13H2,1-2H3,(H,14,16). The van der Waals surface area contributed by atoms with Crippen LogP contribution in [-0.2, 0) is 9.53 Å². The molecule has 0 saturated carbocycles. The van der Waals surface area contributed by atoms with Crippen LogP contribution in [0.4, 0.5) is 0 Å². The van der Waals surface area contributed by atoms with E-state index in [0.717, 1.165) is 6.42 Å². The number of ether oxygens (including phenoxy) is 1. The molecule has 1 saturated heterocycles. The number of amides is 1. The number of aliphatic hydroxyl groups is 1. The van der Waals surface area contributed by atoms with Gasteiger partial charge in [0.1, 0.15) is 6.10 Å². The second-order valence-electron chi connectivity index (χ2n) is 4.69. The van der Waals surface area contributed by atoms with Crippen LogP contribution in [0.15, 0.2) is 0 Å². The summed E-state index contributed by atoms with van der Waals surface area (Å²) in [4.78, 5) is 12.0. The van der Waals surface area contributed by atoms with Gasteiger partial charge in [0.25, 0.3) is 0 Å². The molecular formula is C12H24N2O3. The lowest BCUT2D eigenvalue weighted by Crippen LogP contribution is -2.53. The molecule has 0 spiro atoms. The van der Waals surface area contributed by atoms with Crippen molar-refractivity contribution in [3.8, 4) is 0 Å². The minimum absolute atomic E-state index is 0.00229. The molecule has 1 aliphatic rings. The molecule has 0 bridgehead atoms. The van der Waals surface area contributed by atoms with Gasteiger partial charge in [-0.25, -0.2) is 0 Å². The highest BCUT2D eigenvalue weighted by Crippen LogP contribution is 2.21. The number of hydrogen-bond donors (Lipinski definition) is 3. The van der Waals surface area contributed by atoms with Crippen LogP contribution >= 0.6 is 0 Å². The Labute approximate surface area is 103 Å². The molecule has 0 aliphatic carbocycles. The maximum Gasteiger partial charge on any atom is 0.249 e. The molecule has 1 aliphatic heterocycles. The lowest BCUT2D eigenvalue weighted by Gasteiger charge is -2.31. The summed E-state index contributed by atoms with van der Waals surface area (Å²) >= 11 is 0. The molecule has 1 fully saturated rings. The zero-order valence-electron chi connectivity index (χ0n) is 10.7. The van der Waals surface area contributed by atoms with Crippen molar-refractivity contribution >= 4 is 5.91 Å². The summed E-state index contributed by atoms with van der Waals surface area (Å²) in [6.07, 6.45) is 2.55. The summed E-state index contributed by atoms with van der Waals surface area (Å²) in [5.74, 6) is -0.126. The number of hydrogen-bond acceptors (Lipinski definition) is 4. The molecule has 4 N–H and O–H groups in total. The van der Waals surface area contributed by atoms with Gasteiger partial charge in [-0.05, 0) is 25.7 Å². The molecule has 100 valence electrons. The van der Waals surface area contributed by atoms with E-state index in [1.807, 2.05) is 13.8 Å². The third kappa shape index (κ3) is 3.40. The van der Waals surface area contributed by atoms with E-state index < -0.39 is 11.6 Å². The normalized spacial score (nSPS) is 24.9. The Morgan fingerprint density at radius 2 is 2.12 bits per heavy atom. The van der Waals surface area contributed by atoms with Crippen LogP contribution in [0.25, 0.3) is 0 Å². The van der Waals surface area contributed by atoms with Crippen LogP contribution in [0.5, 0.6) is 0 Å². The smallest absolute Gasteiger partial charge is 0.249 e. The van der Waals surface area contributed by atoms with E-state index in [9.17, 15) is 9.90 Å². The molecule has 17 heavy (non-hydrogen) atoms. The van der Waals surface area contributed by atoms with Crippen molar-refractivity contribution in [1.82, 2.24) is 5.32 Å². The highest BCUT2D eigenvalue weighted by atomic mass is 16.5. The fourth-order valence-corrected chi connectivity index (χ4v) is 2.10. The Balaban J connectivity index is 2.54. The van der Waals surface area contributed by atoms with E-state index >= 15 is 0 Å². The Morgan fingerprint density at radius 1 is 1.47 bits per heavy atom. The zero-order valence-corrected chi connectivity index (χ0v) is 10.7. The van der Waals surface area contributed by atoms with Gasteiger partial charge in [-0.3, -0.25) is 4.79 Å². The van der Waals surface area contributed by atoms with Crippen LogP contribution in [-0.4, -0.2) is 41.9 Å². The quantitative estimate of drug-likeness (QED) is 0.621. The molecule has 2 unspecified atom stereocenters. The predicted molar refractivity (Wildman–Crippen MR) is 65.5 cm³/mol. The topological polar surface area (TPSA) is 84.6 Å². The van der Waals surface area contributed by atoms with Crippen LogP contribution < -0.4 is 11.1 Å². The maximum absolute atomic E-state index is 12.0. The van der Waals surface area contributed by atoms with Crippen LogP contribution in [0.3, 0.4) is 0 Å². The minimum atomic E-state index is -0.513. The largest absolute Gasteiger partial charge is 0.394 e. The van der Waals surface area contributed by atoms with Crippen molar-refractivity contribution in [2.24, 2.45) is 5.73 Å². The number of nitrogens with one attached hydrogen (secondary N) is 1. The molecule has 0 aromatic rings. The number of nitrogens with two attached hydrogens (primary N) is 1. The van der Waals surface area contributed by atoms with E-state index in [2.05, 4.69) is 5.32 Å². The molecule has 1 amide bonds. The van der Waals surface area contributed by atoms with Gasteiger partial charge in [0.2, 0.25) is 5.91 Å². The lowest BCUT2D eigenvalue weighted by atomic mass is 9.93. The van der Waals surface area contributed by atoms with Crippen molar-refractivity contribution < 1.29 is 14.6 Å². The molecule has 0 radical (unpaired) electrons. The minimum Gasteiger partial charge on any atom is -0.394 e. The molecule has 2 atom stereocenters. The Morgan fingerprint density at radius 3 is 2.53 bits per heavy atom. The molecular weight excluding hydrogens is 220 g/mol. The van der Waals surface area contributed by atoms with Gasteiger partial charge < -0.3 is 20.9 Å². The second-order valence-corrected chi connectivity index (χ2v) is 4.69. The first kappa shape index (κ1) is 14.4. The molecule has 1 rings (SSSR count). The average Bonchev–Trinajstić information content (AvgIpc) is 2.85. The third-order valence-corrected chi connectivity index (χ3v) is 3.71. The summed E-state index contributed by atoms with van der Waals surface area (Å²) < 4.78 is 5.53. The van der Waals surface area contributed by atoms with Crippen LogP contribution in [0, 0.1) is 0 Å². The second kappa shape index (κ2) is 6.33. The highest BCUT2D eigenvalue weighted by Gasteiger charge is 2.34. The first-order chi connectivity index (χ1) is 8.10. The first-order valence-corrected chi connectivity index (χ1v) is 6.39. The third-order valence-electron chi connectivity index (χ3n) is 3.71. The van der Waals surface area contributed by atoms with E-state index in [0.29, 0.717) is 25.8 Å². The van der Waals surface area contributed by atoms with Crippen molar-refractivity contribution in [2.75, 3.05) is 13.2 Å². The fourth-order valence-electron chi connectivity index (χ4n) is 2.10. The lowest BCUT2D eigenvalue weighted by molar-refractivity contribution is -0.134. The first-order valence-electron chi connectivity index (χ1n) is 6.39. The van der Waals surface area contributed by atoms with E-state index in [4.69, 9.17) is 10.5 Å². The SMILES string of the molecule is CCC(CC)(CO)NC(=O)C1CCC(CN)O1. The van der Waals surface area contributed by atoms with Gasteiger partial charge >= 0.3 is 0 Å². The molecule has 5 heteroatoms. The highest BCUT2D eigenvalue weighted by molar-refractivity contribution is 5.81. The summed E-state index contributed by atoms with van der Waals surface area (Å²) in [5.41, 5.74) is 4.99. The zero-order chi connectivity index (χ0) is 12.9. The van der Waals surface area contributed by atoms with Gasteiger partial charge in [-0.15, -0.1) is 0 Å². The van der Waals surface area contributed by atoms with Gasteiger partial charge in [-0.1, -0.05) is 13.8 Å². The van der Waals surface area contributed by atoms with Gasteiger partial charge in [0, 0.05) is 6.54 Å². The summed E-state index contributed by atoms with van der Waals surface area (Å²) in [6.45, 7) is 4.33. The number of rotatable bonds is 6. The van der Waals surface area contributed by atoms with Crippen molar-refractivity contribution in [1.29, 1.82) is 0 Å². The fraction of sp³-hybridized carbons (Fsp3) is 0.917. The number of carbonyl (C=O) groups is 1. The number of aliphatic hydroxyl groups excluding tert-OH is 1. The van der Waals surface area contributed by atoms with E-state index in [1.54, 1.807) is 0 Å². The van der Waals surface area contributed by atoms with Gasteiger partial charge in [0.15, 0.2) is 0 Å². The molecule has 0 aromatic heterocycles. The van der Waals surface area contributed by atoms with Crippen LogP contribution in [0.2, 0.25) is 0 Å². The molecule has 0 aromatic carbocycles. The Kier molecular flexibility index (Phi) is 5.36. The predicted octanol–water partition coefficient (Wildman–Crippen LogP) is 0.160. The van der Waals surface area contributed by atoms with Crippen molar-refractivity contribution in [2.45, 2.75) is 57.3 Å². The number of carbonyl (C=O) groups excluding carboxylic acids is 1. The summed E-state index contributed by atoms with van der Waals surface area (Å²) in [6, 6.07) is 0. The molecule has 1 heterocycles. The van der Waals surface area contributed by atoms with Crippen LogP contribution in [0.1, 0.15) is 39.5 Å². The van der Waals surface area contributed by atoms with Gasteiger partial charge in [-0.2, -0.15) is 0 Å². The van der Waals surface area contributed by atoms with Crippen molar-refractivity contribution in [3.63, 3.8) is 0 Å². The molecule has 5 nitrogen and oxygen atoms in total. The summed E-state index contributed by atoms with van der Waals surface area (Å²) in [5, 5.41) is 12.3. The Hall–Kier alpha value is -0.650. The Bertz CT molecular complexity index is 246. The van der Waals surface area contributed by atoms with Gasteiger partial charge in [0.05, 0.1) is 18.2 Å².